The average molecular weight is 357 g/mol. The Morgan fingerprint density at radius 2 is 2.12 bits per heavy atom. The van der Waals surface area contributed by atoms with Gasteiger partial charge in [0, 0.05) is 37.9 Å². The van der Waals surface area contributed by atoms with Crippen molar-refractivity contribution < 1.29 is 13.9 Å². The summed E-state index contributed by atoms with van der Waals surface area (Å²) in [5.41, 5.74) is 2.15. The molecule has 0 bridgehead atoms. The van der Waals surface area contributed by atoms with Gasteiger partial charge >= 0.3 is 0 Å². The third-order valence-corrected chi connectivity index (χ3v) is 4.70. The van der Waals surface area contributed by atoms with Crippen LogP contribution in [0.4, 0.5) is 4.39 Å². The van der Waals surface area contributed by atoms with E-state index in [9.17, 15) is 9.18 Å². The smallest absolute Gasteiger partial charge is 0.251 e. The summed E-state index contributed by atoms with van der Waals surface area (Å²) in [6, 6.07) is 10.2. The Hall–Kier alpha value is -2.31. The first-order valence-electron chi connectivity index (χ1n) is 8.87. The topological polar surface area (TPSA) is 54.5 Å². The Labute approximate surface area is 153 Å². The minimum atomic E-state index is -0.363. The number of hydrogen-bond acceptors (Lipinski definition) is 4. The number of hydrogen-bond donors (Lipinski definition) is 1. The lowest BCUT2D eigenvalue weighted by Gasteiger charge is -2.15. The van der Waals surface area contributed by atoms with Crippen LogP contribution in [0.15, 0.2) is 42.6 Å². The number of carbonyl (C=O) groups is 1. The van der Waals surface area contributed by atoms with Crippen molar-refractivity contribution in [2.24, 2.45) is 5.92 Å². The molecule has 0 saturated carbocycles. The van der Waals surface area contributed by atoms with Crippen molar-refractivity contribution >= 4 is 5.91 Å². The summed E-state index contributed by atoms with van der Waals surface area (Å²) < 4.78 is 18.1. The van der Waals surface area contributed by atoms with Gasteiger partial charge in [0.05, 0.1) is 18.5 Å². The Kier molecular flexibility index (Phi) is 6.30. The van der Waals surface area contributed by atoms with Crippen LogP contribution in [0.1, 0.15) is 16.8 Å². The van der Waals surface area contributed by atoms with Crippen molar-refractivity contribution in [1.82, 2.24) is 15.2 Å². The molecule has 138 valence electrons. The molecule has 0 aliphatic carbocycles. The van der Waals surface area contributed by atoms with Gasteiger partial charge in [-0.2, -0.15) is 0 Å². The van der Waals surface area contributed by atoms with E-state index in [2.05, 4.69) is 15.2 Å². The summed E-state index contributed by atoms with van der Waals surface area (Å²) in [5.74, 6) is 0.0508. The third-order valence-electron chi connectivity index (χ3n) is 4.70. The highest BCUT2D eigenvalue weighted by Crippen LogP contribution is 2.18. The predicted octanol–water partition coefficient (Wildman–Crippen LogP) is 2.59. The number of benzene rings is 1. The number of nitrogens with zero attached hydrogens (tertiary/aromatic N) is 2. The van der Waals surface area contributed by atoms with Gasteiger partial charge in [0.1, 0.15) is 5.82 Å². The van der Waals surface area contributed by atoms with E-state index in [4.69, 9.17) is 4.74 Å². The van der Waals surface area contributed by atoms with Crippen LogP contribution < -0.4 is 5.32 Å². The molecule has 1 aromatic heterocycles. The molecule has 1 aromatic carbocycles. The monoisotopic (exact) mass is 357 g/mol. The van der Waals surface area contributed by atoms with Crippen LogP contribution >= 0.6 is 0 Å². The quantitative estimate of drug-likeness (QED) is 0.828. The number of methoxy groups -OCH3 is 1. The number of rotatable bonds is 7. The van der Waals surface area contributed by atoms with E-state index in [1.54, 1.807) is 25.3 Å². The molecule has 6 heteroatoms. The first-order chi connectivity index (χ1) is 12.7. The molecule has 1 aliphatic heterocycles. The van der Waals surface area contributed by atoms with E-state index in [-0.39, 0.29) is 11.7 Å². The van der Waals surface area contributed by atoms with Crippen molar-refractivity contribution in [3.05, 3.63) is 54.0 Å². The first-order valence-corrected chi connectivity index (χ1v) is 8.87. The van der Waals surface area contributed by atoms with Gasteiger partial charge in [0.25, 0.3) is 5.91 Å². The number of likely N-dealkylation sites (tertiary alicyclic amines) is 1. The van der Waals surface area contributed by atoms with E-state index in [1.807, 2.05) is 12.1 Å². The van der Waals surface area contributed by atoms with Crippen molar-refractivity contribution in [2.75, 3.05) is 39.9 Å². The van der Waals surface area contributed by atoms with Crippen LogP contribution in [0, 0.1) is 11.7 Å². The van der Waals surface area contributed by atoms with E-state index >= 15 is 0 Å². The SMILES string of the molecule is COCCN1CCC(CNC(=O)c2ccc(-c3ccc(F)cn3)cc2)C1. The van der Waals surface area contributed by atoms with Crippen LogP contribution in [0.5, 0.6) is 0 Å². The fraction of sp³-hybridized carbons (Fsp3) is 0.400. The summed E-state index contributed by atoms with van der Waals surface area (Å²) in [6.07, 6.45) is 2.28. The zero-order valence-electron chi connectivity index (χ0n) is 15.0. The molecule has 1 N–H and O–H groups in total. The van der Waals surface area contributed by atoms with Gasteiger partial charge in [-0.1, -0.05) is 12.1 Å². The third kappa shape index (κ3) is 4.86. The highest BCUT2D eigenvalue weighted by molar-refractivity contribution is 5.94. The fourth-order valence-electron chi connectivity index (χ4n) is 3.18. The van der Waals surface area contributed by atoms with Gasteiger partial charge in [-0.15, -0.1) is 0 Å². The van der Waals surface area contributed by atoms with E-state index in [0.29, 0.717) is 23.7 Å². The second kappa shape index (κ2) is 8.87. The summed E-state index contributed by atoms with van der Waals surface area (Å²) in [5, 5.41) is 3.02. The summed E-state index contributed by atoms with van der Waals surface area (Å²) in [6.45, 7) is 4.43. The fourth-order valence-corrected chi connectivity index (χ4v) is 3.18. The number of halogens is 1. The number of carbonyl (C=O) groups excluding carboxylic acids is 1. The number of pyridine rings is 1. The molecule has 1 unspecified atom stereocenters. The number of nitrogens with one attached hydrogen (secondary N) is 1. The Morgan fingerprint density at radius 3 is 2.81 bits per heavy atom. The second-order valence-electron chi connectivity index (χ2n) is 6.60. The van der Waals surface area contributed by atoms with Crippen LogP contribution in [0.3, 0.4) is 0 Å². The molecule has 26 heavy (non-hydrogen) atoms. The lowest BCUT2D eigenvalue weighted by Crippen LogP contribution is -2.31. The van der Waals surface area contributed by atoms with Crippen molar-refractivity contribution in [3.8, 4) is 11.3 Å². The molecule has 1 aliphatic rings. The van der Waals surface area contributed by atoms with Crippen molar-refractivity contribution in [2.45, 2.75) is 6.42 Å². The van der Waals surface area contributed by atoms with Gasteiger partial charge in [0.15, 0.2) is 0 Å². The maximum absolute atomic E-state index is 12.9. The van der Waals surface area contributed by atoms with E-state index in [1.165, 1.54) is 12.3 Å². The standard InChI is InChI=1S/C20H24FN3O2/c1-26-11-10-24-9-8-15(14-24)12-23-20(25)17-4-2-16(3-5-17)19-7-6-18(21)13-22-19/h2-7,13,15H,8-12,14H2,1H3,(H,23,25). The van der Waals surface area contributed by atoms with Gasteiger partial charge in [-0.3, -0.25) is 9.78 Å². The number of ether oxygens (including phenoxy) is 1. The van der Waals surface area contributed by atoms with Gasteiger partial charge in [-0.25, -0.2) is 4.39 Å². The lowest BCUT2D eigenvalue weighted by molar-refractivity contribution is 0.0946. The summed E-state index contributed by atoms with van der Waals surface area (Å²) in [7, 11) is 1.71. The van der Waals surface area contributed by atoms with Crippen LogP contribution in [0.2, 0.25) is 0 Å². The summed E-state index contributed by atoms with van der Waals surface area (Å²) >= 11 is 0. The molecule has 5 nitrogen and oxygen atoms in total. The largest absolute Gasteiger partial charge is 0.383 e. The molecule has 1 amide bonds. The molecule has 1 fully saturated rings. The van der Waals surface area contributed by atoms with Crippen molar-refractivity contribution in [3.63, 3.8) is 0 Å². The molecular formula is C20H24FN3O2. The van der Waals surface area contributed by atoms with Crippen LogP contribution in [-0.2, 0) is 4.74 Å². The molecular weight excluding hydrogens is 333 g/mol. The van der Waals surface area contributed by atoms with E-state index < -0.39 is 0 Å². The molecule has 1 atom stereocenters. The average Bonchev–Trinajstić information content (AvgIpc) is 3.13. The maximum atomic E-state index is 12.9. The normalized spacial score (nSPS) is 17.4. The molecule has 2 heterocycles. The second-order valence-corrected chi connectivity index (χ2v) is 6.60. The van der Waals surface area contributed by atoms with Gasteiger partial charge < -0.3 is 15.0 Å². The zero-order valence-corrected chi connectivity index (χ0v) is 15.0. The lowest BCUT2D eigenvalue weighted by atomic mass is 10.1. The maximum Gasteiger partial charge on any atom is 0.251 e. The van der Waals surface area contributed by atoms with Crippen LogP contribution in [-0.4, -0.2) is 55.7 Å². The first kappa shape index (κ1) is 18.5. The minimum absolute atomic E-state index is 0.0704. The van der Waals surface area contributed by atoms with E-state index in [0.717, 1.165) is 38.2 Å². The minimum Gasteiger partial charge on any atom is -0.383 e. The van der Waals surface area contributed by atoms with Crippen molar-refractivity contribution in [1.29, 1.82) is 0 Å². The summed E-state index contributed by atoms with van der Waals surface area (Å²) in [4.78, 5) is 18.8. The van der Waals surface area contributed by atoms with Crippen LogP contribution in [0.25, 0.3) is 11.3 Å². The Bertz CT molecular complexity index is 719. The molecule has 1 saturated heterocycles. The highest BCUT2D eigenvalue weighted by Gasteiger charge is 2.22. The molecule has 0 radical (unpaired) electrons. The molecule has 3 rings (SSSR count). The number of amides is 1. The molecule has 2 aromatic rings. The molecule has 0 spiro atoms. The Morgan fingerprint density at radius 1 is 1.31 bits per heavy atom. The van der Waals surface area contributed by atoms with Gasteiger partial charge in [0.2, 0.25) is 0 Å². The number of aromatic nitrogens is 1. The van der Waals surface area contributed by atoms with Gasteiger partial charge in [-0.05, 0) is 43.1 Å². The Balaban J connectivity index is 1.50. The predicted molar refractivity (Wildman–Crippen MR) is 98.4 cm³/mol. The zero-order chi connectivity index (χ0) is 18.4. The highest BCUT2D eigenvalue weighted by atomic mass is 19.1.